The Hall–Kier alpha value is -1.92. The Kier molecular flexibility index (Phi) is 5.29. The van der Waals surface area contributed by atoms with Gasteiger partial charge >= 0.3 is 5.97 Å². The van der Waals surface area contributed by atoms with Gasteiger partial charge in [-0.25, -0.2) is 4.79 Å². The van der Waals surface area contributed by atoms with Gasteiger partial charge in [-0.2, -0.15) is 0 Å². The second-order valence-electron chi connectivity index (χ2n) is 3.61. The molecule has 0 heterocycles. The number of aliphatic hydroxyl groups excluding tert-OH is 1. The molecule has 2 unspecified atom stereocenters. The molecule has 98 valence electrons. The molecule has 0 aliphatic carbocycles. The quantitative estimate of drug-likeness (QED) is 0.660. The van der Waals surface area contributed by atoms with Crippen LogP contribution in [-0.4, -0.2) is 41.8 Å². The number of nitrogens with one attached hydrogen (secondary N) is 1. The molecular weight excluding hydrogens is 238 g/mol. The molecule has 18 heavy (non-hydrogen) atoms. The number of hydrogen-bond acceptors (Lipinski definition) is 4. The highest BCUT2D eigenvalue weighted by atomic mass is 16.5. The summed E-state index contributed by atoms with van der Waals surface area (Å²) < 4.78 is 5.04. The van der Waals surface area contributed by atoms with Gasteiger partial charge < -0.3 is 20.3 Å². The highest BCUT2D eigenvalue weighted by Crippen LogP contribution is 2.16. The first-order valence-electron chi connectivity index (χ1n) is 5.32. The number of hydrogen-bond donors (Lipinski definition) is 3. The summed E-state index contributed by atoms with van der Waals surface area (Å²) in [6, 6.07) is 7.34. The maximum Gasteiger partial charge on any atom is 0.328 e. The van der Waals surface area contributed by atoms with Gasteiger partial charge in [0.1, 0.15) is 6.04 Å². The van der Waals surface area contributed by atoms with Crippen molar-refractivity contribution >= 4 is 11.9 Å². The van der Waals surface area contributed by atoms with E-state index in [9.17, 15) is 9.59 Å². The van der Waals surface area contributed by atoms with E-state index in [1.54, 1.807) is 30.3 Å². The third kappa shape index (κ3) is 3.54. The van der Waals surface area contributed by atoms with Crippen molar-refractivity contribution in [3.05, 3.63) is 35.9 Å². The number of aliphatic hydroxyl groups is 1. The first-order valence-corrected chi connectivity index (χ1v) is 5.32. The third-order valence-electron chi connectivity index (χ3n) is 2.37. The predicted molar refractivity (Wildman–Crippen MR) is 62.8 cm³/mol. The van der Waals surface area contributed by atoms with Crippen LogP contribution in [0.25, 0.3) is 0 Å². The fraction of sp³-hybridized carbons (Fsp3) is 0.333. The summed E-state index contributed by atoms with van der Waals surface area (Å²) in [4.78, 5) is 22.5. The predicted octanol–water partition coefficient (Wildman–Crippen LogP) is -0.0642. The molecule has 0 aliphatic heterocycles. The van der Waals surface area contributed by atoms with Crippen molar-refractivity contribution in [1.29, 1.82) is 0 Å². The van der Waals surface area contributed by atoms with Crippen molar-refractivity contribution in [2.75, 3.05) is 13.7 Å². The van der Waals surface area contributed by atoms with Gasteiger partial charge in [0.05, 0.1) is 6.61 Å². The van der Waals surface area contributed by atoms with Gasteiger partial charge in [0.25, 0.3) is 5.91 Å². The second-order valence-corrected chi connectivity index (χ2v) is 3.61. The van der Waals surface area contributed by atoms with Crippen molar-refractivity contribution in [3.8, 4) is 0 Å². The minimum atomic E-state index is -1.33. The van der Waals surface area contributed by atoms with E-state index in [1.165, 1.54) is 7.11 Å². The largest absolute Gasteiger partial charge is 0.480 e. The molecule has 0 fully saturated rings. The van der Waals surface area contributed by atoms with Gasteiger partial charge in [0, 0.05) is 7.11 Å². The molecule has 0 saturated heterocycles. The van der Waals surface area contributed by atoms with E-state index < -0.39 is 30.6 Å². The zero-order valence-electron chi connectivity index (χ0n) is 9.87. The Bertz CT molecular complexity index is 406. The number of ether oxygens (including phenoxy) is 1. The van der Waals surface area contributed by atoms with Crippen molar-refractivity contribution in [3.63, 3.8) is 0 Å². The summed E-state index contributed by atoms with van der Waals surface area (Å²) in [6.07, 6.45) is -0.903. The normalized spacial score (nSPS) is 13.7. The summed E-state index contributed by atoms with van der Waals surface area (Å²) in [7, 11) is 1.35. The van der Waals surface area contributed by atoms with Crippen molar-refractivity contribution in [2.24, 2.45) is 0 Å². The molecule has 1 aromatic rings. The molecule has 0 aromatic heterocycles. The lowest BCUT2D eigenvalue weighted by molar-refractivity contribution is -0.145. The average molecular weight is 253 g/mol. The van der Waals surface area contributed by atoms with E-state index in [1.807, 2.05) is 0 Å². The lowest BCUT2D eigenvalue weighted by atomic mass is 10.1. The van der Waals surface area contributed by atoms with Crippen molar-refractivity contribution in [1.82, 2.24) is 5.32 Å². The molecule has 0 bridgehead atoms. The molecule has 2 atom stereocenters. The highest BCUT2D eigenvalue weighted by molar-refractivity contribution is 5.87. The Morgan fingerprint density at radius 3 is 2.39 bits per heavy atom. The van der Waals surface area contributed by atoms with E-state index in [0.717, 1.165) is 0 Å². The van der Waals surface area contributed by atoms with Crippen LogP contribution in [0.3, 0.4) is 0 Å². The first kappa shape index (κ1) is 14.1. The van der Waals surface area contributed by atoms with Gasteiger partial charge in [-0.3, -0.25) is 4.79 Å². The van der Waals surface area contributed by atoms with Crippen LogP contribution in [-0.2, 0) is 14.3 Å². The lowest BCUT2D eigenvalue weighted by Gasteiger charge is -2.18. The van der Waals surface area contributed by atoms with Crippen LogP contribution in [0.1, 0.15) is 11.7 Å². The van der Waals surface area contributed by atoms with Crippen LogP contribution in [0.2, 0.25) is 0 Å². The highest BCUT2D eigenvalue weighted by Gasteiger charge is 2.25. The molecule has 0 spiro atoms. The Morgan fingerprint density at radius 2 is 1.94 bits per heavy atom. The minimum Gasteiger partial charge on any atom is -0.480 e. The van der Waals surface area contributed by atoms with Gasteiger partial charge in [-0.05, 0) is 5.56 Å². The molecule has 1 rings (SSSR count). The number of carbonyl (C=O) groups excluding carboxylic acids is 1. The fourth-order valence-corrected chi connectivity index (χ4v) is 1.46. The summed E-state index contributed by atoms with van der Waals surface area (Å²) in [5.74, 6) is -1.90. The molecule has 1 amide bonds. The molecule has 0 saturated carbocycles. The molecule has 1 aromatic carbocycles. The number of carboxylic acid groups (broad SMARTS) is 1. The zero-order chi connectivity index (χ0) is 13.5. The monoisotopic (exact) mass is 253 g/mol. The SMILES string of the molecule is COC(C(=O)NC(CO)C(=O)O)c1ccccc1. The van der Waals surface area contributed by atoms with Crippen LogP contribution in [0.15, 0.2) is 30.3 Å². The van der Waals surface area contributed by atoms with Crippen LogP contribution in [0.4, 0.5) is 0 Å². The number of carboxylic acids is 1. The van der Waals surface area contributed by atoms with Gasteiger partial charge in [0.15, 0.2) is 6.10 Å². The van der Waals surface area contributed by atoms with Gasteiger partial charge in [-0.15, -0.1) is 0 Å². The molecule has 0 radical (unpaired) electrons. The van der Waals surface area contributed by atoms with Crippen LogP contribution >= 0.6 is 0 Å². The summed E-state index contributed by atoms with van der Waals surface area (Å²) in [5, 5.41) is 19.8. The second kappa shape index (κ2) is 6.73. The van der Waals surface area contributed by atoms with Gasteiger partial charge in [0.2, 0.25) is 0 Å². The smallest absolute Gasteiger partial charge is 0.328 e. The van der Waals surface area contributed by atoms with E-state index >= 15 is 0 Å². The molecule has 3 N–H and O–H groups in total. The molecule has 6 heteroatoms. The Labute approximate surface area is 104 Å². The number of rotatable bonds is 6. The summed E-state index contributed by atoms with van der Waals surface area (Å²) in [6.45, 7) is -0.674. The van der Waals surface area contributed by atoms with E-state index in [2.05, 4.69) is 5.32 Å². The Morgan fingerprint density at radius 1 is 1.33 bits per heavy atom. The van der Waals surface area contributed by atoms with E-state index in [-0.39, 0.29) is 0 Å². The minimum absolute atomic E-state index is 0.606. The number of aliphatic carboxylic acids is 1. The molecule has 0 aliphatic rings. The standard InChI is InChI=1S/C12H15NO5/c1-18-10(8-5-3-2-4-6-8)11(15)13-9(7-14)12(16)17/h2-6,9-10,14H,7H2,1H3,(H,13,15)(H,16,17). The van der Waals surface area contributed by atoms with E-state index in [0.29, 0.717) is 5.56 Å². The number of benzene rings is 1. The van der Waals surface area contributed by atoms with Crippen LogP contribution in [0.5, 0.6) is 0 Å². The maximum absolute atomic E-state index is 11.8. The summed E-state index contributed by atoms with van der Waals surface area (Å²) in [5.41, 5.74) is 0.611. The number of methoxy groups -OCH3 is 1. The lowest BCUT2D eigenvalue weighted by Crippen LogP contribution is -2.45. The van der Waals surface area contributed by atoms with Crippen molar-refractivity contribution in [2.45, 2.75) is 12.1 Å². The summed E-state index contributed by atoms with van der Waals surface area (Å²) >= 11 is 0. The van der Waals surface area contributed by atoms with E-state index in [4.69, 9.17) is 14.9 Å². The zero-order valence-corrected chi connectivity index (χ0v) is 9.87. The third-order valence-corrected chi connectivity index (χ3v) is 2.37. The number of carbonyl (C=O) groups is 2. The van der Waals surface area contributed by atoms with Gasteiger partial charge in [-0.1, -0.05) is 30.3 Å². The van der Waals surface area contributed by atoms with Crippen LogP contribution in [0, 0.1) is 0 Å². The number of amides is 1. The fourth-order valence-electron chi connectivity index (χ4n) is 1.46. The topological polar surface area (TPSA) is 95.9 Å². The Balaban J connectivity index is 2.78. The maximum atomic E-state index is 11.8. The first-order chi connectivity index (χ1) is 8.60. The molecule has 6 nitrogen and oxygen atoms in total. The average Bonchev–Trinajstić information content (AvgIpc) is 2.37. The molecular formula is C12H15NO5. The van der Waals surface area contributed by atoms with Crippen LogP contribution < -0.4 is 5.32 Å². The van der Waals surface area contributed by atoms with Crippen molar-refractivity contribution < 1.29 is 24.5 Å².